The number of amides is 1. The van der Waals surface area contributed by atoms with E-state index in [-0.39, 0.29) is 5.91 Å². The number of rotatable bonds is 7. The molecule has 0 radical (unpaired) electrons. The molecule has 0 rings (SSSR count). The fourth-order valence-corrected chi connectivity index (χ4v) is 1.75. The Kier molecular flexibility index (Phi) is 7.34. The Balaban J connectivity index is 3.75. The molecular weight excluding hydrogens is 202 g/mol. The van der Waals surface area contributed by atoms with Crippen LogP contribution < -0.4 is 11.1 Å². The second kappa shape index (κ2) is 7.63. The standard InChI is InChI=1S/C12H27N3O/c1-9(2)15(10(3)4)8-6-7-14-12(16)11(5)13/h9-11H,6-8,13H2,1-5H3,(H,14,16). The van der Waals surface area contributed by atoms with E-state index in [4.69, 9.17) is 5.73 Å². The molecule has 0 aromatic rings. The fraction of sp³-hybridized carbons (Fsp3) is 0.917. The average molecular weight is 229 g/mol. The third-order valence-corrected chi connectivity index (χ3v) is 2.63. The molecule has 96 valence electrons. The topological polar surface area (TPSA) is 58.4 Å². The molecule has 0 bridgehead atoms. The van der Waals surface area contributed by atoms with Gasteiger partial charge in [0.15, 0.2) is 0 Å². The molecule has 1 unspecified atom stereocenters. The lowest BCUT2D eigenvalue weighted by molar-refractivity contribution is -0.121. The number of nitrogens with two attached hydrogens (primary N) is 1. The van der Waals surface area contributed by atoms with Crippen LogP contribution in [0.15, 0.2) is 0 Å². The van der Waals surface area contributed by atoms with Gasteiger partial charge in [-0.3, -0.25) is 9.69 Å². The van der Waals surface area contributed by atoms with Crippen molar-refractivity contribution in [2.45, 2.75) is 59.2 Å². The summed E-state index contributed by atoms with van der Waals surface area (Å²) in [5, 5.41) is 2.82. The Morgan fingerprint density at radius 2 is 1.69 bits per heavy atom. The van der Waals surface area contributed by atoms with Crippen molar-refractivity contribution in [1.29, 1.82) is 0 Å². The van der Waals surface area contributed by atoms with Crippen molar-refractivity contribution in [3.05, 3.63) is 0 Å². The van der Waals surface area contributed by atoms with Crippen molar-refractivity contribution in [1.82, 2.24) is 10.2 Å². The van der Waals surface area contributed by atoms with E-state index in [0.717, 1.165) is 13.0 Å². The molecule has 0 heterocycles. The van der Waals surface area contributed by atoms with Crippen molar-refractivity contribution >= 4 is 5.91 Å². The number of nitrogens with one attached hydrogen (secondary N) is 1. The maximum Gasteiger partial charge on any atom is 0.236 e. The van der Waals surface area contributed by atoms with E-state index in [2.05, 4.69) is 37.9 Å². The third kappa shape index (κ3) is 6.08. The lowest BCUT2D eigenvalue weighted by Gasteiger charge is -2.30. The predicted octanol–water partition coefficient (Wildman–Crippen LogP) is 0.959. The second-order valence-corrected chi connectivity index (χ2v) is 4.86. The van der Waals surface area contributed by atoms with Crippen LogP contribution in [0.1, 0.15) is 41.0 Å². The van der Waals surface area contributed by atoms with Crippen LogP contribution in [0.25, 0.3) is 0 Å². The molecular formula is C12H27N3O. The first-order chi connectivity index (χ1) is 7.36. The molecule has 0 spiro atoms. The van der Waals surface area contributed by atoms with Gasteiger partial charge in [0.05, 0.1) is 6.04 Å². The molecule has 0 aliphatic heterocycles. The van der Waals surface area contributed by atoms with Gasteiger partial charge in [0.2, 0.25) is 5.91 Å². The van der Waals surface area contributed by atoms with Gasteiger partial charge >= 0.3 is 0 Å². The first kappa shape index (κ1) is 15.4. The molecule has 1 atom stereocenters. The molecule has 1 amide bonds. The molecule has 4 heteroatoms. The van der Waals surface area contributed by atoms with Gasteiger partial charge in [-0.05, 0) is 41.0 Å². The van der Waals surface area contributed by atoms with Crippen LogP contribution in [0.5, 0.6) is 0 Å². The van der Waals surface area contributed by atoms with Crippen LogP contribution in [-0.4, -0.2) is 42.0 Å². The molecule has 0 aromatic heterocycles. The van der Waals surface area contributed by atoms with Crippen molar-refractivity contribution in [3.8, 4) is 0 Å². The lowest BCUT2D eigenvalue weighted by Crippen LogP contribution is -2.41. The minimum Gasteiger partial charge on any atom is -0.355 e. The van der Waals surface area contributed by atoms with E-state index < -0.39 is 6.04 Å². The number of nitrogens with zero attached hydrogens (tertiary/aromatic N) is 1. The number of carbonyl (C=O) groups is 1. The van der Waals surface area contributed by atoms with Crippen molar-refractivity contribution in [3.63, 3.8) is 0 Å². The molecule has 0 aromatic carbocycles. The Morgan fingerprint density at radius 1 is 1.19 bits per heavy atom. The molecule has 0 saturated heterocycles. The first-order valence-electron chi connectivity index (χ1n) is 6.15. The highest BCUT2D eigenvalue weighted by atomic mass is 16.2. The van der Waals surface area contributed by atoms with Crippen LogP contribution in [0, 0.1) is 0 Å². The van der Waals surface area contributed by atoms with Crippen LogP contribution in [0.2, 0.25) is 0 Å². The SMILES string of the molecule is CC(N)C(=O)NCCCN(C(C)C)C(C)C. The molecule has 3 N–H and O–H groups in total. The Bertz CT molecular complexity index is 194. The van der Waals surface area contributed by atoms with E-state index in [1.54, 1.807) is 6.92 Å². The highest BCUT2D eigenvalue weighted by Crippen LogP contribution is 2.05. The second-order valence-electron chi connectivity index (χ2n) is 4.86. The molecule has 4 nitrogen and oxygen atoms in total. The van der Waals surface area contributed by atoms with E-state index in [0.29, 0.717) is 18.6 Å². The highest BCUT2D eigenvalue weighted by Gasteiger charge is 2.12. The molecule has 0 aliphatic rings. The van der Waals surface area contributed by atoms with Crippen molar-refractivity contribution in [2.75, 3.05) is 13.1 Å². The van der Waals surface area contributed by atoms with Crippen LogP contribution >= 0.6 is 0 Å². The minimum absolute atomic E-state index is 0.0688. The maximum atomic E-state index is 11.2. The molecule has 0 saturated carbocycles. The van der Waals surface area contributed by atoms with Crippen molar-refractivity contribution in [2.24, 2.45) is 5.73 Å². The number of carbonyl (C=O) groups excluding carboxylic acids is 1. The number of hydrogen-bond donors (Lipinski definition) is 2. The van der Waals surface area contributed by atoms with Gasteiger partial charge < -0.3 is 11.1 Å². The van der Waals surface area contributed by atoms with Gasteiger partial charge in [-0.25, -0.2) is 0 Å². The number of hydrogen-bond acceptors (Lipinski definition) is 3. The summed E-state index contributed by atoms with van der Waals surface area (Å²) in [6.45, 7) is 12.2. The fourth-order valence-electron chi connectivity index (χ4n) is 1.75. The Labute approximate surface area is 99.6 Å². The van der Waals surface area contributed by atoms with Gasteiger partial charge in [0.25, 0.3) is 0 Å². The van der Waals surface area contributed by atoms with Crippen LogP contribution in [0.4, 0.5) is 0 Å². The van der Waals surface area contributed by atoms with E-state index in [1.165, 1.54) is 0 Å². The zero-order chi connectivity index (χ0) is 12.7. The van der Waals surface area contributed by atoms with Gasteiger partial charge in [0, 0.05) is 25.2 Å². The van der Waals surface area contributed by atoms with Gasteiger partial charge in [-0.2, -0.15) is 0 Å². The van der Waals surface area contributed by atoms with Gasteiger partial charge in [-0.1, -0.05) is 0 Å². The molecule has 16 heavy (non-hydrogen) atoms. The monoisotopic (exact) mass is 229 g/mol. The van der Waals surface area contributed by atoms with E-state index in [9.17, 15) is 4.79 Å². The van der Waals surface area contributed by atoms with E-state index >= 15 is 0 Å². The summed E-state index contributed by atoms with van der Waals surface area (Å²) >= 11 is 0. The summed E-state index contributed by atoms with van der Waals surface area (Å²) < 4.78 is 0. The van der Waals surface area contributed by atoms with Gasteiger partial charge in [-0.15, -0.1) is 0 Å². The summed E-state index contributed by atoms with van der Waals surface area (Å²) in [6.07, 6.45) is 0.967. The Hall–Kier alpha value is -0.610. The zero-order valence-corrected chi connectivity index (χ0v) is 11.3. The predicted molar refractivity (Wildman–Crippen MR) is 68.3 cm³/mol. The summed E-state index contributed by atoms with van der Waals surface area (Å²) in [4.78, 5) is 13.6. The first-order valence-corrected chi connectivity index (χ1v) is 6.15. The van der Waals surface area contributed by atoms with Crippen LogP contribution in [0.3, 0.4) is 0 Å². The van der Waals surface area contributed by atoms with Crippen molar-refractivity contribution < 1.29 is 4.79 Å². The Morgan fingerprint density at radius 3 is 2.06 bits per heavy atom. The smallest absolute Gasteiger partial charge is 0.236 e. The molecule has 0 fully saturated rings. The highest BCUT2D eigenvalue weighted by molar-refractivity contribution is 5.80. The maximum absolute atomic E-state index is 11.2. The largest absolute Gasteiger partial charge is 0.355 e. The summed E-state index contributed by atoms with van der Waals surface area (Å²) in [7, 11) is 0. The third-order valence-electron chi connectivity index (χ3n) is 2.63. The zero-order valence-electron chi connectivity index (χ0n) is 11.3. The summed E-state index contributed by atoms with van der Waals surface area (Å²) in [5.74, 6) is -0.0688. The lowest BCUT2D eigenvalue weighted by atomic mass is 10.2. The quantitative estimate of drug-likeness (QED) is 0.639. The van der Waals surface area contributed by atoms with Crippen LogP contribution in [-0.2, 0) is 4.79 Å². The summed E-state index contributed by atoms with van der Waals surface area (Å²) in [5.41, 5.74) is 5.45. The van der Waals surface area contributed by atoms with Gasteiger partial charge in [0.1, 0.15) is 0 Å². The normalized spacial score (nSPS) is 13.6. The van der Waals surface area contributed by atoms with E-state index in [1.807, 2.05) is 0 Å². The molecule has 0 aliphatic carbocycles. The average Bonchev–Trinajstić information content (AvgIpc) is 2.15. The minimum atomic E-state index is -0.411. The summed E-state index contributed by atoms with van der Waals surface area (Å²) in [6, 6.07) is 0.680.